The molecule has 1 aliphatic rings. The van der Waals surface area contributed by atoms with Crippen LogP contribution in [0.1, 0.15) is 35.1 Å². The number of aromatic nitrogens is 2. The number of aliphatic carboxylic acids is 1. The second-order valence-electron chi connectivity index (χ2n) is 5.83. The maximum absolute atomic E-state index is 14.2. The minimum absolute atomic E-state index is 0.0570. The maximum atomic E-state index is 14.2. The van der Waals surface area contributed by atoms with Gasteiger partial charge in [0.25, 0.3) is 5.91 Å². The first-order valence-electron chi connectivity index (χ1n) is 8.00. The van der Waals surface area contributed by atoms with Crippen molar-refractivity contribution in [3.8, 4) is 5.69 Å². The number of carbonyl (C=O) groups is 2. The predicted octanol–water partition coefficient (Wildman–Crippen LogP) is 2.19. The highest BCUT2D eigenvalue weighted by Gasteiger charge is 2.30. The first-order valence-corrected chi connectivity index (χ1v) is 8.00. The van der Waals surface area contributed by atoms with E-state index in [2.05, 4.69) is 5.10 Å². The highest BCUT2D eigenvalue weighted by atomic mass is 19.2. The number of rotatable bonds is 5. The summed E-state index contributed by atoms with van der Waals surface area (Å²) in [7, 11) is 0. The van der Waals surface area contributed by atoms with Crippen molar-refractivity contribution in [2.24, 2.45) is 0 Å². The Hall–Kier alpha value is -2.77. The molecule has 0 radical (unpaired) electrons. The summed E-state index contributed by atoms with van der Waals surface area (Å²) >= 11 is 0. The molecule has 1 aliphatic carbocycles. The standard InChI is InChI=1S/C17H17F2N3O3/c1-2-21(9-14(23)24)17(25)16-10-5-3-7-12(10)22(20-16)13-8-4-6-11(18)15(13)19/h4,6,8H,2-3,5,7,9H2,1H3,(H,23,24). The van der Waals surface area contributed by atoms with E-state index in [1.54, 1.807) is 6.92 Å². The summed E-state index contributed by atoms with van der Waals surface area (Å²) in [5.74, 6) is -3.66. The van der Waals surface area contributed by atoms with E-state index in [1.807, 2.05) is 0 Å². The number of halogens is 2. The van der Waals surface area contributed by atoms with Crippen LogP contribution in [0, 0.1) is 11.6 Å². The molecule has 0 aliphatic heterocycles. The maximum Gasteiger partial charge on any atom is 0.323 e. The molecule has 6 nitrogen and oxygen atoms in total. The number of nitrogens with zero attached hydrogens (tertiary/aromatic N) is 3. The van der Waals surface area contributed by atoms with Gasteiger partial charge in [-0.1, -0.05) is 6.07 Å². The zero-order valence-corrected chi connectivity index (χ0v) is 13.6. The van der Waals surface area contributed by atoms with Crippen LogP contribution < -0.4 is 0 Å². The minimum Gasteiger partial charge on any atom is -0.480 e. The molecule has 1 N–H and O–H groups in total. The van der Waals surface area contributed by atoms with E-state index in [1.165, 1.54) is 16.8 Å². The Labute approximate surface area is 142 Å². The van der Waals surface area contributed by atoms with Crippen LogP contribution in [0.5, 0.6) is 0 Å². The van der Waals surface area contributed by atoms with Gasteiger partial charge in [-0.2, -0.15) is 5.10 Å². The normalized spacial score (nSPS) is 12.9. The second kappa shape index (κ2) is 6.62. The fraction of sp³-hybridized carbons (Fsp3) is 0.353. The van der Waals surface area contributed by atoms with Crippen LogP contribution >= 0.6 is 0 Å². The van der Waals surface area contributed by atoms with Gasteiger partial charge in [-0.25, -0.2) is 13.5 Å². The molecule has 0 spiro atoms. The number of carboxylic acid groups (broad SMARTS) is 1. The zero-order valence-electron chi connectivity index (χ0n) is 13.6. The van der Waals surface area contributed by atoms with E-state index in [4.69, 9.17) is 5.11 Å². The van der Waals surface area contributed by atoms with Crippen LogP contribution in [0.15, 0.2) is 18.2 Å². The summed E-state index contributed by atoms with van der Waals surface area (Å²) < 4.78 is 29.0. The van der Waals surface area contributed by atoms with Gasteiger partial charge in [-0.15, -0.1) is 0 Å². The molecular weight excluding hydrogens is 332 g/mol. The van der Waals surface area contributed by atoms with E-state index >= 15 is 0 Å². The molecule has 0 atom stereocenters. The highest BCUT2D eigenvalue weighted by molar-refractivity contribution is 5.96. The second-order valence-corrected chi connectivity index (χ2v) is 5.83. The molecule has 132 valence electrons. The number of fused-ring (bicyclic) bond motifs is 1. The molecule has 0 saturated heterocycles. The van der Waals surface area contributed by atoms with Gasteiger partial charge in [0.05, 0.1) is 0 Å². The Morgan fingerprint density at radius 1 is 1.32 bits per heavy atom. The van der Waals surface area contributed by atoms with Gasteiger partial charge >= 0.3 is 5.97 Å². The Kier molecular flexibility index (Phi) is 4.52. The van der Waals surface area contributed by atoms with E-state index in [9.17, 15) is 18.4 Å². The van der Waals surface area contributed by atoms with Gasteiger partial charge in [0.1, 0.15) is 12.2 Å². The largest absolute Gasteiger partial charge is 0.480 e. The topological polar surface area (TPSA) is 75.4 Å². The number of hydrogen-bond acceptors (Lipinski definition) is 3. The lowest BCUT2D eigenvalue weighted by molar-refractivity contribution is -0.137. The molecular formula is C17H17F2N3O3. The Bertz CT molecular complexity index is 848. The number of carbonyl (C=O) groups excluding carboxylic acids is 1. The van der Waals surface area contributed by atoms with Crippen molar-refractivity contribution < 1.29 is 23.5 Å². The first kappa shape index (κ1) is 17.1. The van der Waals surface area contributed by atoms with Crippen LogP contribution in [-0.2, 0) is 17.6 Å². The number of amides is 1. The predicted molar refractivity (Wildman–Crippen MR) is 84.7 cm³/mol. The summed E-state index contributed by atoms with van der Waals surface area (Å²) in [6, 6.07) is 3.79. The van der Waals surface area contributed by atoms with Crippen LogP contribution in [-0.4, -0.2) is 44.8 Å². The van der Waals surface area contributed by atoms with Gasteiger partial charge in [0.2, 0.25) is 0 Å². The molecule has 8 heteroatoms. The molecule has 1 aromatic heterocycles. The molecule has 25 heavy (non-hydrogen) atoms. The van der Waals surface area contributed by atoms with Crippen molar-refractivity contribution in [1.82, 2.24) is 14.7 Å². The Balaban J connectivity index is 2.07. The number of hydrogen-bond donors (Lipinski definition) is 1. The average molecular weight is 349 g/mol. The third kappa shape index (κ3) is 2.99. The molecule has 0 unspecified atom stereocenters. The van der Waals surface area contributed by atoms with Gasteiger partial charge in [0, 0.05) is 17.8 Å². The van der Waals surface area contributed by atoms with Crippen molar-refractivity contribution in [2.75, 3.05) is 13.1 Å². The summed E-state index contributed by atoms with van der Waals surface area (Å²) in [4.78, 5) is 24.8. The van der Waals surface area contributed by atoms with Crippen molar-refractivity contribution in [3.63, 3.8) is 0 Å². The lowest BCUT2D eigenvalue weighted by atomic mass is 10.2. The molecule has 1 heterocycles. The average Bonchev–Trinajstić information content (AvgIpc) is 3.17. The van der Waals surface area contributed by atoms with Crippen molar-refractivity contribution in [2.45, 2.75) is 26.2 Å². The molecule has 1 aromatic carbocycles. The van der Waals surface area contributed by atoms with Crippen LogP contribution in [0.2, 0.25) is 0 Å². The molecule has 3 rings (SSSR count). The number of likely N-dealkylation sites (N-methyl/N-ethyl adjacent to an activating group) is 1. The molecule has 0 saturated carbocycles. The highest BCUT2D eigenvalue weighted by Crippen LogP contribution is 2.29. The summed E-state index contributed by atoms with van der Waals surface area (Å²) in [6.45, 7) is 1.44. The minimum atomic E-state index is -1.12. The molecule has 2 aromatic rings. The van der Waals surface area contributed by atoms with Gasteiger partial charge in [-0.3, -0.25) is 9.59 Å². The fourth-order valence-corrected chi connectivity index (χ4v) is 3.10. The lowest BCUT2D eigenvalue weighted by Crippen LogP contribution is -2.36. The molecule has 1 amide bonds. The number of carboxylic acids is 1. The fourth-order valence-electron chi connectivity index (χ4n) is 3.10. The van der Waals surface area contributed by atoms with Crippen molar-refractivity contribution in [1.29, 1.82) is 0 Å². The summed E-state index contributed by atoms with van der Waals surface area (Å²) in [5.41, 5.74) is 1.40. The van der Waals surface area contributed by atoms with Gasteiger partial charge in [0.15, 0.2) is 17.3 Å². The van der Waals surface area contributed by atoms with Crippen LogP contribution in [0.25, 0.3) is 5.69 Å². The van der Waals surface area contributed by atoms with E-state index < -0.39 is 30.1 Å². The molecule has 0 fully saturated rings. The van der Waals surface area contributed by atoms with Crippen molar-refractivity contribution in [3.05, 3.63) is 46.8 Å². The third-order valence-electron chi connectivity index (χ3n) is 4.29. The van der Waals surface area contributed by atoms with E-state index in [0.29, 0.717) is 24.1 Å². The van der Waals surface area contributed by atoms with Gasteiger partial charge < -0.3 is 10.0 Å². The summed E-state index contributed by atoms with van der Waals surface area (Å²) in [5, 5.41) is 13.1. The smallest absolute Gasteiger partial charge is 0.323 e. The summed E-state index contributed by atoms with van der Waals surface area (Å²) in [6.07, 6.45) is 1.96. The van der Waals surface area contributed by atoms with E-state index in [0.717, 1.165) is 17.4 Å². The lowest BCUT2D eigenvalue weighted by Gasteiger charge is -2.17. The first-order chi connectivity index (χ1) is 11.9. The van der Waals surface area contributed by atoms with Crippen LogP contribution in [0.4, 0.5) is 8.78 Å². The Morgan fingerprint density at radius 3 is 2.76 bits per heavy atom. The quantitative estimate of drug-likeness (QED) is 0.898. The Morgan fingerprint density at radius 2 is 2.08 bits per heavy atom. The van der Waals surface area contributed by atoms with E-state index in [-0.39, 0.29) is 17.9 Å². The number of benzene rings is 1. The van der Waals surface area contributed by atoms with Crippen LogP contribution in [0.3, 0.4) is 0 Å². The van der Waals surface area contributed by atoms with Crippen molar-refractivity contribution >= 4 is 11.9 Å². The van der Waals surface area contributed by atoms with Gasteiger partial charge in [-0.05, 0) is 38.3 Å². The SMILES string of the molecule is CCN(CC(=O)O)C(=O)c1nn(-c2cccc(F)c2F)c2c1CCC2. The monoisotopic (exact) mass is 349 g/mol. The third-order valence-corrected chi connectivity index (χ3v) is 4.29. The molecule has 0 bridgehead atoms. The zero-order chi connectivity index (χ0) is 18.1.